The summed E-state index contributed by atoms with van der Waals surface area (Å²) in [6.07, 6.45) is 11.5. The number of Topliss-reactive ketones (excluding diaryl/α,β-unsaturated/α-hetero) is 1. The second kappa shape index (κ2) is 4.34. The predicted molar refractivity (Wildman–Crippen MR) is 62.5 cm³/mol. The van der Waals surface area contributed by atoms with E-state index in [1.807, 2.05) is 0 Å². The zero-order valence-electron chi connectivity index (χ0n) is 9.70. The summed E-state index contributed by atoms with van der Waals surface area (Å²) in [5.41, 5.74) is 1.07. The zero-order chi connectivity index (χ0) is 10.8. The Balaban J connectivity index is 2.23. The molecule has 2 aliphatic rings. The molecule has 1 nitrogen and oxygen atoms in total. The number of rotatable bonds is 2. The number of fused-ring (bicyclic) bond motifs is 1. The molecular weight excluding hydrogens is 184 g/mol. The average molecular weight is 204 g/mol. The largest absolute Gasteiger partial charge is 0.295 e. The van der Waals surface area contributed by atoms with Crippen LogP contribution in [0.5, 0.6) is 0 Å². The molecular formula is C14H20O. The lowest BCUT2D eigenvalue weighted by Gasteiger charge is -2.36. The monoisotopic (exact) mass is 204 g/mol. The molecule has 0 amide bonds. The normalized spacial score (nSPS) is 34.5. The van der Waals surface area contributed by atoms with Gasteiger partial charge in [-0.2, -0.15) is 0 Å². The van der Waals surface area contributed by atoms with Gasteiger partial charge in [0, 0.05) is 0 Å². The number of allylic oxidation sites excluding steroid dienone is 4. The molecule has 2 aliphatic carbocycles. The van der Waals surface area contributed by atoms with Crippen LogP contribution in [-0.4, -0.2) is 5.78 Å². The number of hydrogen-bond donors (Lipinski definition) is 0. The Kier molecular flexibility index (Phi) is 3.08. The Bertz CT molecular complexity index is 311. The molecule has 15 heavy (non-hydrogen) atoms. The molecule has 0 radical (unpaired) electrons. The van der Waals surface area contributed by atoms with E-state index in [0.29, 0.717) is 11.8 Å². The lowest BCUT2D eigenvalue weighted by molar-refractivity contribution is -0.113. The maximum atomic E-state index is 11.4. The third kappa shape index (κ3) is 2.06. The van der Waals surface area contributed by atoms with Crippen molar-refractivity contribution in [2.45, 2.75) is 39.5 Å². The fraction of sp³-hybridized carbons (Fsp3) is 0.643. The topological polar surface area (TPSA) is 17.1 Å². The second-order valence-electron chi connectivity index (χ2n) is 4.86. The van der Waals surface area contributed by atoms with Crippen molar-refractivity contribution >= 4 is 5.78 Å². The number of carbonyl (C=O) groups excluding carboxylic acids is 1. The van der Waals surface area contributed by atoms with Gasteiger partial charge < -0.3 is 0 Å². The Morgan fingerprint density at radius 1 is 1.53 bits per heavy atom. The minimum atomic E-state index is 0.276. The predicted octanol–water partition coefficient (Wildman–Crippen LogP) is 3.51. The van der Waals surface area contributed by atoms with Crippen molar-refractivity contribution in [3.63, 3.8) is 0 Å². The van der Waals surface area contributed by atoms with Crippen LogP contribution in [0, 0.1) is 17.8 Å². The van der Waals surface area contributed by atoms with Gasteiger partial charge in [-0.15, -0.1) is 0 Å². The Morgan fingerprint density at radius 2 is 2.33 bits per heavy atom. The molecule has 82 valence electrons. The first-order chi connectivity index (χ1) is 7.22. The molecule has 0 aromatic heterocycles. The van der Waals surface area contributed by atoms with Crippen molar-refractivity contribution in [1.29, 1.82) is 0 Å². The summed E-state index contributed by atoms with van der Waals surface area (Å²) < 4.78 is 0. The van der Waals surface area contributed by atoms with Crippen molar-refractivity contribution in [2.24, 2.45) is 17.8 Å². The maximum absolute atomic E-state index is 11.4. The molecule has 0 unspecified atom stereocenters. The Labute approximate surface area is 92.3 Å². The van der Waals surface area contributed by atoms with Gasteiger partial charge in [-0.3, -0.25) is 4.79 Å². The van der Waals surface area contributed by atoms with Gasteiger partial charge in [-0.25, -0.2) is 0 Å². The van der Waals surface area contributed by atoms with Gasteiger partial charge in [0.1, 0.15) is 0 Å². The summed E-state index contributed by atoms with van der Waals surface area (Å²) in [4.78, 5) is 11.4. The van der Waals surface area contributed by atoms with Gasteiger partial charge in [0.2, 0.25) is 0 Å². The van der Waals surface area contributed by atoms with Crippen molar-refractivity contribution in [1.82, 2.24) is 0 Å². The molecule has 0 N–H and O–H groups in total. The molecule has 0 saturated heterocycles. The summed E-state index contributed by atoms with van der Waals surface area (Å²) >= 11 is 0. The second-order valence-corrected chi connectivity index (χ2v) is 4.86. The zero-order valence-corrected chi connectivity index (χ0v) is 9.70. The molecule has 0 fully saturated rings. The molecule has 0 aromatic rings. The van der Waals surface area contributed by atoms with E-state index in [9.17, 15) is 4.79 Å². The van der Waals surface area contributed by atoms with Crippen molar-refractivity contribution < 1.29 is 4.79 Å². The van der Waals surface area contributed by atoms with Gasteiger partial charge in [0.05, 0.1) is 0 Å². The van der Waals surface area contributed by atoms with Crippen LogP contribution in [0.25, 0.3) is 0 Å². The van der Waals surface area contributed by atoms with Gasteiger partial charge in [-0.05, 0) is 49.5 Å². The third-order valence-corrected chi connectivity index (χ3v) is 3.98. The summed E-state index contributed by atoms with van der Waals surface area (Å²) in [7, 11) is 0. The highest BCUT2D eigenvalue weighted by atomic mass is 16.1. The fourth-order valence-electron chi connectivity index (χ4n) is 2.98. The third-order valence-electron chi connectivity index (χ3n) is 3.98. The van der Waals surface area contributed by atoms with Crippen LogP contribution in [0.15, 0.2) is 23.8 Å². The van der Waals surface area contributed by atoms with E-state index in [-0.39, 0.29) is 5.78 Å². The standard InChI is InChI=1S/C14H20O/c1-3-11-5-4-6-12-7-8-13(10(2)15)9-14(11)12/h4,6,9,11-12,14H,3,5,7-8H2,1-2H3/t11-,12+,14+/m1/s1. The van der Waals surface area contributed by atoms with Gasteiger partial charge in [0.15, 0.2) is 5.78 Å². The van der Waals surface area contributed by atoms with E-state index in [2.05, 4.69) is 25.2 Å². The SMILES string of the molecule is CC[C@@H]1CC=C[C@H]2CCC(C(C)=O)=C[C@@H]12. The number of hydrogen-bond acceptors (Lipinski definition) is 1. The van der Waals surface area contributed by atoms with E-state index < -0.39 is 0 Å². The highest BCUT2D eigenvalue weighted by Crippen LogP contribution is 2.40. The molecule has 1 heteroatoms. The number of ketones is 1. The average Bonchev–Trinajstić information content (AvgIpc) is 2.27. The molecule has 0 bridgehead atoms. The van der Waals surface area contributed by atoms with Crippen molar-refractivity contribution in [3.05, 3.63) is 23.8 Å². The van der Waals surface area contributed by atoms with Crippen LogP contribution in [0.3, 0.4) is 0 Å². The van der Waals surface area contributed by atoms with Crippen LogP contribution in [-0.2, 0) is 4.79 Å². The van der Waals surface area contributed by atoms with Crippen LogP contribution in [0.2, 0.25) is 0 Å². The number of carbonyl (C=O) groups is 1. The van der Waals surface area contributed by atoms with Crippen molar-refractivity contribution in [3.8, 4) is 0 Å². The highest BCUT2D eigenvalue weighted by molar-refractivity contribution is 5.93. The molecule has 2 rings (SSSR count). The lowest BCUT2D eigenvalue weighted by atomic mass is 9.69. The van der Waals surface area contributed by atoms with E-state index in [1.165, 1.54) is 19.3 Å². The summed E-state index contributed by atoms with van der Waals surface area (Å²) in [5, 5.41) is 0. The lowest BCUT2D eigenvalue weighted by Crippen LogP contribution is -2.27. The Hall–Kier alpha value is -0.850. The molecule has 0 aromatic carbocycles. The maximum Gasteiger partial charge on any atom is 0.155 e. The Morgan fingerprint density at radius 3 is 3.00 bits per heavy atom. The highest BCUT2D eigenvalue weighted by Gasteiger charge is 2.31. The van der Waals surface area contributed by atoms with Crippen LogP contribution in [0.1, 0.15) is 39.5 Å². The van der Waals surface area contributed by atoms with Crippen LogP contribution in [0.4, 0.5) is 0 Å². The van der Waals surface area contributed by atoms with E-state index in [4.69, 9.17) is 0 Å². The van der Waals surface area contributed by atoms with Gasteiger partial charge >= 0.3 is 0 Å². The summed E-state index contributed by atoms with van der Waals surface area (Å²) in [5.74, 6) is 2.37. The smallest absolute Gasteiger partial charge is 0.155 e. The molecule has 0 aliphatic heterocycles. The van der Waals surface area contributed by atoms with Gasteiger partial charge in [0.25, 0.3) is 0 Å². The summed E-state index contributed by atoms with van der Waals surface area (Å²) in [6, 6.07) is 0. The van der Waals surface area contributed by atoms with E-state index in [1.54, 1.807) is 6.92 Å². The molecule has 0 saturated carbocycles. The minimum Gasteiger partial charge on any atom is -0.295 e. The fourth-order valence-corrected chi connectivity index (χ4v) is 2.98. The van der Waals surface area contributed by atoms with Gasteiger partial charge in [-0.1, -0.05) is 31.6 Å². The van der Waals surface area contributed by atoms with E-state index >= 15 is 0 Å². The van der Waals surface area contributed by atoms with Crippen molar-refractivity contribution in [2.75, 3.05) is 0 Å². The summed E-state index contributed by atoms with van der Waals surface area (Å²) in [6.45, 7) is 3.96. The molecule has 0 heterocycles. The molecule has 3 atom stereocenters. The van der Waals surface area contributed by atoms with Crippen LogP contribution >= 0.6 is 0 Å². The first-order valence-corrected chi connectivity index (χ1v) is 6.10. The van der Waals surface area contributed by atoms with Crippen LogP contribution < -0.4 is 0 Å². The first kappa shape index (κ1) is 10.7. The quantitative estimate of drug-likeness (QED) is 0.629. The first-order valence-electron chi connectivity index (χ1n) is 6.10. The van der Waals surface area contributed by atoms with E-state index in [0.717, 1.165) is 17.9 Å². The molecule has 0 spiro atoms. The minimum absolute atomic E-state index is 0.276.